The number of ether oxygens (including phenoxy) is 1. The Hall–Kier alpha value is -2.41. The molecule has 1 atom stereocenters. The van der Waals surface area contributed by atoms with Gasteiger partial charge in [0, 0.05) is 30.8 Å². The third-order valence-corrected chi connectivity index (χ3v) is 9.11. The summed E-state index contributed by atoms with van der Waals surface area (Å²) < 4.78 is 62.2. The van der Waals surface area contributed by atoms with Gasteiger partial charge in [0.1, 0.15) is 17.2 Å². The molecule has 0 saturated heterocycles. The monoisotopic (exact) mass is 570 g/mol. The van der Waals surface area contributed by atoms with Gasteiger partial charge in [-0.3, -0.25) is 4.79 Å². The Morgan fingerprint density at radius 1 is 1.16 bits per heavy atom. The fourth-order valence-corrected chi connectivity index (χ4v) is 6.42. The lowest BCUT2D eigenvalue weighted by Gasteiger charge is -2.26. The lowest BCUT2D eigenvalue weighted by Crippen LogP contribution is -2.48. The number of benzene rings is 2. The number of sulfonamides is 1. The van der Waals surface area contributed by atoms with Crippen molar-refractivity contribution < 1.29 is 26.7 Å². The number of carbonyl (C=O) groups is 1. The van der Waals surface area contributed by atoms with Crippen molar-refractivity contribution in [3.05, 3.63) is 48.0 Å². The Kier molecular flexibility index (Phi) is 10.4. The van der Waals surface area contributed by atoms with E-state index >= 15 is 4.39 Å². The predicted octanol–water partition coefficient (Wildman–Crippen LogP) is 4.30. The number of amides is 1. The molecule has 0 heterocycles. The Balaban J connectivity index is 1.81. The molecular formula is C26H36F2N4O4S2. The van der Waals surface area contributed by atoms with Crippen molar-refractivity contribution in [2.45, 2.75) is 53.5 Å². The quantitative estimate of drug-likeness (QED) is 0.307. The molecule has 0 aromatic heterocycles. The Morgan fingerprint density at radius 2 is 1.82 bits per heavy atom. The zero-order chi connectivity index (χ0) is 27.9. The number of rotatable bonds is 13. The van der Waals surface area contributed by atoms with Gasteiger partial charge in [-0.15, -0.1) is 11.8 Å². The molecule has 3 N–H and O–H groups in total. The second-order valence-electron chi connectivity index (χ2n) is 9.62. The van der Waals surface area contributed by atoms with E-state index in [0.717, 1.165) is 30.3 Å². The van der Waals surface area contributed by atoms with Gasteiger partial charge in [-0.2, -0.15) is 0 Å². The summed E-state index contributed by atoms with van der Waals surface area (Å²) in [5, 5.41) is 6.08. The van der Waals surface area contributed by atoms with Crippen LogP contribution in [0.25, 0.3) is 0 Å². The topological polar surface area (TPSA) is 99.8 Å². The van der Waals surface area contributed by atoms with Crippen LogP contribution < -0.4 is 15.4 Å². The number of methoxy groups -OCH3 is 1. The fraction of sp³-hybridized carbons (Fsp3) is 0.500. The van der Waals surface area contributed by atoms with Gasteiger partial charge in [-0.1, -0.05) is 0 Å². The first kappa shape index (κ1) is 30.1. The smallest absolute Gasteiger partial charge is 0.265 e. The van der Waals surface area contributed by atoms with Gasteiger partial charge >= 0.3 is 0 Å². The molecule has 2 aromatic carbocycles. The number of hydrogen-bond acceptors (Lipinski definition) is 8. The lowest BCUT2D eigenvalue weighted by atomic mass is 10.0. The second-order valence-corrected chi connectivity index (χ2v) is 12.4. The highest BCUT2D eigenvalue weighted by Gasteiger charge is 2.43. The summed E-state index contributed by atoms with van der Waals surface area (Å²) in [6.07, 6.45) is 3.05. The van der Waals surface area contributed by atoms with Crippen LogP contribution in [0.4, 0.5) is 20.2 Å². The van der Waals surface area contributed by atoms with Crippen molar-refractivity contribution in [1.29, 1.82) is 0 Å². The first-order chi connectivity index (χ1) is 18.0. The van der Waals surface area contributed by atoms with Gasteiger partial charge < -0.3 is 20.3 Å². The molecule has 8 nitrogen and oxygen atoms in total. The number of carbonyl (C=O) groups excluding carboxylic acids is 1. The van der Waals surface area contributed by atoms with E-state index in [1.807, 2.05) is 19.0 Å². The molecule has 0 aliphatic heterocycles. The van der Waals surface area contributed by atoms with E-state index in [4.69, 9.17) is 4.74 Å². The molecule has 0 radical (unpaired) electrons. The average molecular weight is 571 g/mol. The molecule has 0 bridgehead atoms. The van der Waals surface area contributed by atoms with Gasteiger partial charge in [0.25, 0.3) is 15.9 Å². The molecule has 0 spiro atoms. The molecule has 3 rings (SSSR count). The SMILES string of the molecule is CNc1cc(S(=O)(=O)NC(=O)C2(OC)CCCC2)cc(F)c1N[C@H](CCN(C)C)CSc1ccc(F)cc1. The van der Waals surface area contributed by atoms with Crippen LogP contribution in [0.15, 0.2) is 46.2 Å². The third-order valence-electron chi connectivity index (χ3n) is 6.62. The summed E-state index contributed by atoms with van der Waals surface area (Å²) in [5.74, 6) is -1.26. The highest BCUT2D eigenvalue weighted by atomic mass is 32.2. The Labute approximate surface area is 227 Å². The number of halogens is 2. The first-order valence-electron chi connectivity index (χ1n) is 12.4. The molecule has 1 aliphatic rings. The van der Waals surface area contributed by atoms with Gasteiger partial charge in [-0.25, -0.2) is 21.9 Å². The zero-order valence-electron chi connectivity index (χ0n) is 22.1. The second kappa shape index (κ2) is 13.1. The fourth-order valence-electron chi connectivity index (χ4n) is 4.37. The summed E-state index contributed by atoms with van der Waals surface area (Å²) >= 11 is 1.51. The van der Waals surface area contributed by atoms with Crippen LogP contribution in [-0.2, 0) is 19.6 Å². The molecule has 38 heavy (non-hydrogen) atoms. The number of nitrogens with zero attached hydrogens (tertiary/aromatic N) is 1. The van der Waals surface area contributed by atoms with E-state index in [-0.39, 0.29) is 28.1 Å². The summed E-state index contributed by atoms with van der Waals surface area (Å²) in [7, 11) is 2.49. The third kappa shape index (κ3) is 7.58. The average Bonchev–Trinajstić information content (AvgIpc) is 3.37. The Bertz CT molecular complexity index is 1200. The van der Waals surface area contributed by atoms with Gasteiger partial charge in [0.05, 0.1) is 16.3 Å². The van der Waals surface area contributed by atoms with Gasteiger partial charge in [0.2, 0.25) is 0 Å². The van der Waals surface area contributed by atoms with Crippen LogP contribution in [0.1, 0.15) is 32.1 Å². The number of nitrogens with one attached hydrogen (secondary N) is 3. The van der Waals surface area contributed by atoms with Crippen molar-refractivity contribution in [3.63, 3.8) is 0 Å². The maximum Gasteiger partial charge on any atom is 0.265 e. The van der Waals surface area contributed by atoms with Crippen LogP contribution in [0.2, 0.25) is 0 Å². The lowest BCUT2D eigenvalue weighted by molar-refractivity contribution is -0.140. The molecule has 1 saturated carbocycles. The van der Waals surface area contributed by atoms with E-state index in [0.29, 0.717) is 25.0 Å². The first-order valence-corrected chi connectivity index (χ1v) is 14.9. The summed E-state index contributed by atoms with van der Waals surface area (Å²) in [6.45, 7) is 0.734. The summed E-state index contributed by atoms with van der Waals surface area (Å²) in [6, 6.07) is 8.19. The number of hydrogen-bond donors (Lipinski definition) is 3. The molecule has 1 aliphatic carbocycles. The van der Waals surface area contributed by atoms with Crippen molar-refractivity contribution in [3.8, 4) is 0 Å². The van der Waals surface area contributed by atoms with E-state index in [9.17, 15) is 17.6 Å². The largest absolute Gasteiger partial charge is 0.386 e. The molecule has 12 heteroatoms. The Morgan fingerprint density at radius 3 is 2.39 bits per heavy atom. The van der Waals surface area contributed by atoms with E-state index in [1.54, 1.807) is 19.2 Å². The molecule has 1 fully saturated rings. The van der Waals surface area contributed by atoms with Crippen LogP contribution in [0.3, 0.4) is 0 Å². The van der Waals surface area contributed by atoms with Crippen LogP contribution in [0, 0.1) is 11.6 Å². The minimum Gasteiger partial charge on any atom is -0.386 e. The standard InChI is InChI=1S/C26H36F2N4O4S2/c1-29-23-16-21(38(34,35)31-25(33)26(36-4)12-5-6-13-26)15-22(28)24(23)30-19(11-14-32(2)3)17-37-20-9-7-18(27)8-10-20/h7-10,15-16,19,29-30H,5-6,11-14,17H2,1-4H3,(H,31,33)/t19-/m1/s1. The van der Waals surface area contributed by atoms with Crippen molar-refractivity contribution in [2.24, 2.45) is 0 Å². The van der Waals surface area contributed by atoms with Crippen LogP contribution in [-0.4, -0.2) is 71.4 Å². The van der Waals surface area contributed by atoms with E-state index in [2.05, 4.69) is 15.4 Å². The minimum absolute atomic E-state index is 0.130. The molecule has 2 aromatic rings. The molecular weight excluding hydrogens is 534 g/mol. The minimum atomic E-state index is -4.35. The zero-order valence-corrected chi connectivity index (χ0v) is 23.8. The molecule has 1 amide bonds. The molecule has 210 valence electrons. The highest BCUT2D eigenvalue weighted by molar-refractivity contribution is 7.99. The molecule has 0 unspecified atom stereocenters. The van der Waals surface area contributed by atoms with Gasteiger partial charge in [0.15, 0.2) is 0 Å². The number of thioether (sulfide) groups is 1. The van der Waals surface area contributed by atoms with Crippen molar-refractivity contribution in [2.75, 3.05) is 51.2 Å². The number of anilines is 2. The van der Waals surface area contributed by atoms with E-state index < -0.39 is 27.3 Å². The highest BCUT2D eigenvalue weighted by Crippen LogP contribution is 2.34. The van der Waals surface area contributed by atoms with Crippen LogP contribution >= 0.6 is 11.8 Å². The van der Waals surface area contributed by atoms with Crippen molar-refractivity contribution in [1.82, 2.24) is 9.62 Å². The normalized spacial score (nSPS) is 15.9. The van der Waals surface area contributed by atoms with Crippen molar-refractivity contribution >= 4 is 39.1 Å². The van der Waals surface area contributed by atoms with Gasteiger partial charge in [-0.05, 0) is 89.1 Å². The maximum absolute atomic E-state index is 15.4. The predicted molar refractivity (Wildman–Crippen MR) is 147 cm³/mol. The summed E-state index contributed by atoms with van der Waals surface area (Å²) in [4.78, 5) is 15.3. The van der Waals surface area contributed by atoms with Crippen LogP contribution in [0.5, 0.6) is 0 Å². The van der Waals surface area contributed by atoms with E-state index in [1.165, 1.54) is 37.1 Å². The maximum atomic E-state index is 15.4. The summed E-state index contributed by atoms with van der Waals surface area (Å²) in [5.41, 5.74) is -0.826.